The zero-order valence-electron chi connectivity index (χ0n) is 8.53. The van der Waals surface area contributed by atoms with Gasteiger partial charge < -0.3 is 0 Å². The highest BCUT2D eigenvalue weighted by Crippen LogP contribution is 2.23. The lowest BCUT2D eigenvalue weighted by Crippen LogP contribution is -1.76. The Labute approximate surface area is 112 Å². The normalized spacial score (nSPS) is 10.9. The minimum atomic E-state index is 1.09. The van der Waals surface area contributed by atoms with E-state index in [-0.39, 0.29) is 0 Å². The zero-order valence-corrected chi connectivity index (χ0v) is 11.7. The van der Waals surface area contributed by atoms with E-state index in [1.165, 1.54) is 11.1 Å². The fourth-order valence-electron chi connectivity index (χ4n) is 1.39. The molecule has 0 aliphatic heterocycles. The van der Waals surface area contributed by atoms with Crippen LogP contribution in [-0.2, 0) is 0 Å². The smallest absolute Gasteiger partial charge is 0.0248 e. The molecule has 0 aromatic heterocycles. The fourth-order valence-corrected chi connectivity index (χ4v) is 2.15. The molecule has 2 heteroatoms. The minimum Gasteiger partial charge on any atom is -0.0622 e. The Hall–Kier alpha value is -0.860. The number of hydrogen-bond donors (Lipinski definition) is 0. The highest BCUT2D eigenvalue weighted by molar-refractivity contribution is 9.11. The van der Waals surface area contributed by atoms with Crippen molar-refractivity contribution in [3.05, 3.63) is 68.6 Å². The molecule has 0 saturated heterocycles. The molecule has 0 atom stereocenters. The van der Waals surface area contributed by atoms with Crippen molar-refractivity contribution < 1.29 is 0 Å². The van der Waals surface area contributed by atoms with Gasteiger partial charge >= 0.3 is 0 Å². The van der Waals surface area contributed by atoms with Gasteiger partial charge in [0, 0.05) is 8.95 Å². The third-order valence-electron chi connectivity index (χ3n) is 2.21. The van der Waals surface area contributed by atoms with Gasteiger partial charge in [-0.05, 0) is 29.3 Å². The molecule has 0 nitrogen and oxygen atoms in total. The molecule has 0 saturated carbocycles. The summed E-state index contributed by atoms with van der Waals surface area (Å²) in [6.45, 7) is 0. The molecule has 0 aliphatic rings. The monoisotopic (exact) mass is 336 g/mol. The summed E-state index contributed by atoms with van der Waals surface area (Å²) in [6.07, 6.45) is 4.21. The first-order chi connectivity index (χ1) is 7.75. The van der Waals surface area contributed by atoms with Crippen LogP contribution < -0.4 is 0 Å². The molecule has 0 fully saturated rings. The van der Waals surface area contributed by atoms with Crippen molar-refractivity contribution in [1.82, 2.24) is 0 Å². The second-order valence-corrected chi connectivity index (χ2v) is 5.18. The van der Waals surface area contributed by atoms with E-state index in [9.17, 15) is 0 Å². The van der Waals surface area contributed by atoms with Crippen LogP contribution in [0.25, 0.3) is 12.2 Å². The summed E-state index contributed by atoms with van der Waals surface area (Å²) in [5.74, 6) is 0. The summed E-state index contributed by atoms with van der Waals surface area (Å²) in [4.78, 5) is 0. The summed E-state index contributed by atoms with van der Waals surface area (Å²) < 4.78 is 2.19. The molecule has 0 N–H and O–H groups in total. The maximum Gasteiger partial charge on any atom is 0.0248 e. The molecular formula is C14H10Br2. The van der Waals surface area contributed by atoms with Crippen LogP contribution in [0, 0.1) is 0 Å². The third-order valence-corrected chi connectivity index (χ3v) is 3.43. The van der Waals surface area contributed by atoms with Gasteiger partial charge in [-0.1, -0.05) is 74.3 Å². The van der Waals surface area contributed by atoms with Gasteiger partial charge in [0.15, 0.2) is 0 Å². The zero-order chi connectivity index (χ0) is 11.4. The second kappa shape index (κ2) is 5.46. The van der Waals surface area contributed by atoms with Gasteiger partial charge in [0.1, 0.15) is 0 Å². The Morgan fingerprint density at radius 2 is 1.56 bits per heavy atom. The first-order valence-corrected chi connectivity index (χ1v) is 6.52. The van der Waals surface area contributed by atoms with Crippen LogP contribution in [-0.4, -0.2) is 0 Å². The highest BCUT2D eigenvalue weighted by Gasteiger charge is 1.96. The van der Waals surface area contributed by atoms with Crippen molar-refractivity contribution in [2.45, 2.75) is 0 Å². The number of halogens is 2. The molecule has 0 unspecified atom stereocenters. The van der Waals surface area contributed by atoms with Crippen molar-refractivity contribution in [3.8, 4) is 0 Å². The Kier molecular flexibility index (Phi) is 3.97. The Bertz CT molecular complexity index is 501. The lowest BCUT2D eigenvalue weighted by Gasteiger charge is -1.99. The van der Waals surface area contributed by atoms with Crippen molar-refractivity contribution in [2.24, 2.45) is 0 Å². The molecular weight excluding hydrogens is 328 g/mol. The molecule has 16 heavy (non-hydrogen) atoms. The fraction of sp³-hybridized carbons (Fsp3) is 0. The summed E-state index contributed by atoms with van der Waals surface area (Å²) in [7, 11) is 0. The van der Waals surface area contributed by atoms with Gasteiger partial charge in [0.2, 0.25) is 0 Å². The summed E-state index contributed by atoms with van der Waals surface area (Å²) >= 11 is 7.00. The standard InChI is InChI=1S/C14H10Br2/c15-13-8-9-14(16)12(10-13)7-6-11-4-2-1-3-5-11/h1-10H. The van der Waals surface area contributed by atoms with Crippen LogP contribution in [0.4, 0.5) is 0 Å². The molecule has 2 aromatic rings. The minimum absolute atomic E-state index is 1.09. The molecule has 0 bridgehead atoms. The Morgan fingerprint density at radius 3 is 2.31 bits per heavy atom. The van der Waals surface area contributed by atoms with E-state index in [1.807, 2.05) is 30.3 Å². The average molecular weight is 338 g/mol. The van der Waals surface area contributed by atoms with Gasteiger partial charge in [-0.2, -0.15) is 0 Å². The van der Waals surface area contributed by atoms with E-state index in [4.69, 9.17) is 0 Å². The topological polar surface area (TPSA) is 0 Å². The van der Waals surface area contributed by atoms with E-state index >= 15 is 0 Å². The molecule has 0 heterocycles. The summed E-state index contributed by atoms with van der Waals surface area (Å²) in [5, 5.41) is 0. The van der Waals surface area contributed by atoms with Gasteiger partial charge in [-0.25, -0.2) is 0 Å². The summed E-state index contributed by atoms with van der Waals surface area (Å²) in [5.41, 5.74) is 2.37. The average Bonchev–Trinajstić information content (AvgIpc) is 2.32. The number of hydrogen-bond acceptors (Lipinski definition) is 0. The molecule has 0 spiro atoms. The van der Waals surface area contributed by atoms with Gasteiger partial charge in [-0.3, -0.25) is 0 Å². The second-order valence-electron chi connectivity index (χ2n) is 3.41. The van der Waals surface area contributed by atoms with Gasteiger partial charge in [-0.15, -0.1) is 0 Å². The largest absolute Gasteiger partial charge is 0.0622 e. The predicted molar refractivity (Wildman–Crippen MR) is 77.2 cm³/mol. The van der Waals surface area contributed by atoms with Crippen LogP contribution >= 0.6 is 31.9 Å². The van der Waals surface area contributed by atoms with E-state index in [1.54, 1.807) is 0 Å². The van der Waals surface area contributed by atoms with Gasteiger partial charge in [0.25, 0.3) is 0 Å². The molecule has 2 rings (SSSR count). The van der Waals surface area contributed by atoms with Crippen LogP contribution in [0.2, 0.25) is 0 Å². The van der Waals surface area contributed by atoms with E-state index in [0.29, 0.717) is 0 Å². The number of rotatable bonds is 2. The Morgan fingerprint density at radius 1 is 0.812 bits per heavy atom. The predicted octanol–water partition coefficient (Wildman–Crippen LogP) is 5.38. The van der Waals surface area contributed by atoms with Gasteiger partial charge in [0.05, 0.1) is 0 Å². The van der Waals surface area contributed by atoms with Crippen LogP contribution in [0.3, 0.4) is 0 Å². The molecule has 0 aliphatic carbocycles. The van der Waals surface area contributed by atoms with Crippen molar-refractivity contribution in [2.75, 3.05) is 0 Å². The maximum atomic E-state index is 3.53. The van der Waals surface area contributed by atoms with Crippen LogP contribution in [0.5, 0.6) is 0 Å². The van der Waals surface area contributed by atoms with E-state index in [0.717, 1.165) is 8.95 Å². The van der Waals surface area contributed by atoms with Crippen molar-refractivity contribution in [3.63, 3.8) is 0 Å². The molecule has 0 radical (unpaired) electrons. The van der Waals surface area contributed by atoms with Crippen LogP contribution in [0.1, 0.15) is 11.1 Å². The lowest BCUT2D eigenvalue weighted by molar-refractivity contribution is 1.56. The molecule has 0 amide bonds. The third kappa shape index (κ3) is 3.06. The molecule has 80 valence electrons. The summed E-state index contributed by atoms with van der Waals surface area (Å²) in [6, 6.07) is 16.4. The molecule has 2 aromatic carbocycles. The van der Waals surface area contributed by atoms with Crippen molar-refractivity contribution >= 4 is 44.0 Å². The van der Waals surface area contributed by atoms with Crippen molar-refractivity contribution in [1.29, 1.82) is 0 Å². The maximum absolute atomic E-state index is 3.53. The van der Waals surface area contributed by atoms with E-state index in [2.05, 4.69) is 62.2 Å². The first kappa shape index (κ1) is 11.6. The van der Waals surface area contributed by atoms with Crippen LogP contribution in [0.15, 0.2) is 57.5 Å². The first-order valence-electron chi connectivity index (χ1n) is 4.94. The highest BCUT2D eigenvalue weighted by atomic mass is 79.9. The van der Waals surface area contributed by atoms with E-state index < -0.39 is 0 Å². The lowest BCUT2D eigenvalue weighted by atomic mass is 10.1. The quantitative estimate of drug-likeness (QED) is 0.645. The number of benzene rings is 2. The Balaban J connectivity index is 2.27. The SMILES string of the molecule is Brc1ccc(Br)c(C=Cc2ccccc2)c1.